The van der Waals surface area contributed by atoms with Gasteiger partial charge in [0, 0.05) is 19.1 Å². The second-order valence-corrected chi connectivity index (χ2v) is 4.87. The lowest BCUT2D eigenvalue weighted by Crippen LogP contribution is -2.53. The molecule has 0 bridgehead atoms. The number of carbonyl (C=O) groups is 2. The predicted octanol–water partition coefficient (Wildman–Crippen LogP) is 0.419. The number of carbonyl (C=O) groups excluding carboxylic acids is 1. The molecule has 1 saturated heterocycles. The number of morpholine rings is 1. The molecule has 2 atom stereocenters. The second-order valence-electron chi connectivity index (χ2n) is 4.87. The Bertz CT molecular complexity index is 322. The van der Waals surface area contributed by atoms with Crippen molar-refractivity contribution in [3.8, 4) is 0 Å². The summed E-state index contributed by atoms with van der Waals surface area (Å²) in [5.74, 6) is -1.20. The molecule has 0 aromatic carbocycles. The minimum Gasteiger partial charge on any atom is -0.480 e. The summed E-state index contributed by atoms with van der Waals surface area (Å²) in [7, 11) is 0. The van der Waals surface area contributed by atoms with Gasteiger partial charge in [0.15, 0.2) is 0 Å². The highest BCUT2D eigenvalue weighted by molar-refractivity contribution is 5.85. The van der Waals surface area contributed by atoms with Crippen LogP contribution in [0.1, 0.15) is 27.2 Å². The van der Waals surface area contributed by atoms with Gasteiger partial charge in [0.2, 0.25) is 0 Å². The van der Waals surface area contributed by atoms with Crippen molar-refractivity contribution < 1.29 is 19.4 Å². The third kappa shape index (κ3) is 4.47. The van der Waals surface area contributed by atoms with E-state index in [-0.39, 0.29) is 18.5 Å². The van der Waals surface area contributed by atoms with E-state index in [9.17, 15) is 9.59 Å². The molecule has 1 amide bonds. The number of carboxylic acid groups (broad SMARTS) is 1. The molecular weight excluding hydrogens is 248 g/mol. The molecule has 1 N–H and O–H groups in total. The molecule has 0 radical (unpaired) electrons. The minimum absolute atomic E-state index is 0.0933. The molecule has 1 aliphatic rings. The first-order valence-corrected chi connectivity index (χ1v) is 6.85. The topological polar surface area (TPSA) is 70.1 Å². The van der Waals surface area contributed by atoms with Crippen LogP contribution in [0.4, 0.5) is 0 Å². The minimum atomic E-state index is -0.989. The molecular formula is C13H24N2O4. The van der Waals surface area contributed by atoms with E-state index in [1.165, 1.54) is 4.90 Å². The van der Waals surface area contributed by atoms with Crippen LogP contribution in [-0.2, 0) is 14.3 Å². The number of hydrogen-bond donors (Lipinski definition) is 1. The van der Waals surface area contributed by atoms with E-state index in [1.807, 2.05) is 20.8 Å². The number of rotatable bonds is 6. The maximum absolute atomic E-state index is 12.4. The Morgan fingerprint density at radius 1 is 1.47 bits per heavy atom. The monoisotopic (exact) mass is 272 g/mol. The molecule has 110 valence electrons. The molecule has 19 heavy (non-hydrogen) atoms. The van der Waals surface area contributed by atoms with Crippen LogP contribution in [0.25, 0.3) is 0 Å². The summed E-state index contributed by atoms with van der Waals surface area (Å²) in [4.78, 5) is 26.8. The smallest absolute Gasteiger partial charge is 0.323 e. The van der Waals surface area contributed by atoms with Gasteiger partial charge in [-0.25, -0.2) is 0 Å². The van der Waals surface area contributed by atoms with Gasteiger partial charge in [-0.3, -0.25) is 14.5 Å². The normalized spacial score (nSPS) is 21.9. The Kier molecular flexibility index (Phi) is 6.24. The fraction of sp³-hybridized carbons (Fsp3) is 0.846. The van der Waals surface area contributed by atoms with Crippen LogP contribution in [0.3, 0.4) is 0 Å². The molecule has 6 nitrogen and oxygen atoms in total. The van der Waals surface area contributed by atoms with Crippen LogP contribution in [-0.4, -0.2) is 71.7 Å². The lowest BCUT2D eigenvalue weighted by molar-refractivity contribution is -0.156. The predicted molar refractivity (Wildman–Crippen MR) is 71.0 cm³/mol. The first-order chi connectivity index (χ1) is 8.99. The highest BCUT2D eigenvalue weighted by Crippen LogP contribution is 2.12. The third-order valence-electron chi connectivity index (χ3n) is 3.58. The van der Waals surface area contributed by atoms with Crippen LogP contribution in [0.5, 0.6) is 0 Å². The zero-order valence-corrected chi connectivity index (χ0v) is 12.0. The van der Waals surface area contributed by atoms with Gasteiger partial charge in [-0.05, 0) is 19.9 Å². The van der Waals surface area contributed by atoms with Crippen LogP contribution in [0.2, 0.25) is 0 Å². The van der Waals surface area contributed by atoms with Gasteiger partial charge in [-0.15, -0.1) is 0 Å². The van der Waals surface area contributed by atoms with Crippen LogP contribution >= 0.6 is 0 Å². The first kappa shape index (κ1) is 15.9. The molecule has 0 spiro atoms. The van der Waals surface area contributed by atoms with Crippen molar-refractivity contribution in [2.24, 2.45) is 0 Å². The van der Waals surface area contributed by atoms with Gasteiger partial charge in [0.25, 0.3) is 5.91 Å². The molecule has 6 heteroatoms. The van der Waals surface area contributed by atoms with Gasteiger partial charge < -0.3 is 14.7 Å². The van der Waals surface area contributed by atoms with E-state index in [1.54, 1.807) is 0 Å². The number of ether oxygens (including phenoxy) is 1. The second kappa shape index (κ2) is 7.45. The van der Waals surface area contributed by atoms with Crippen molar-refractivity contribution in [1.29, 1.82) is 0 Å². The lowest BCUT2D eigenvalue weighted by atomic mass is 10.1. The summed E-state index contributed by atoms with van der Waals surface area (Å²) in [6, 6.07) is -0.0933. The zero-order chi connectivity index (χ0) is 14.4. The van der Waals surface area contributed by atoms with Crippen LogP contribution in [0, 0.1) is 0 Å². The van der Waals surface area contributed by atoms with E-state index in [2.05, 4.69) is 4.90 Å². The fourth-order valence-corrected chi connectivity index (χ4v) is 2.14. The molecule has 1 aliphatic heterocycles. The standard InChI is InChI=1S/C13H24N2O4/c1-4-10(3)15(9-12(16)17)13(18)11-8-14(5-2)6-7-19-11/h10-11H,4-9H2,1-3H3,(H,16,17)/t10-,11+/m1/s1. The van der Waals surface area contributed by atoms with E-state index < -0.39 is 12.1 Å². The average Bonchev–Trinajstić information content (AvgIpc) is 2.43. The molecule has 0 saturated carbocycles. The SMILES string of the molecule is CC[C@@H](C)N(CC(=O)O)C(=O)[C@@H]1CN(CC)CCO1. The van der Waals surface area contributed by atoms with E-state index >= 15 is 0 Å². The van der Waals surface area contributed by atoms with Crippen LogP contribution in [0.15, 0.2) is 0 Å². The molecule has 0 unspecified atom stereocenters. The molecule has 1 rings (SSSR count). The Balaban J connectivity index is 2.71. The van der Waals surface area contributed by atoms with Crippen molar-refractivity contribution in [1.82, 2.24) is 9.80 Å². The average molecular weight is 272 g/mol. The number of aliphatic carboxylic acids is 1. The highest BCUT2D eigenvalue weighted by Gasteiger charge is 2.32. The Hall–Kier alpha value is -1.14. The van der Waals surface area contributed by atoms with Gasteiger partial charge in [-0.2, -0.15) is 0 Å². The maximum Gasteiger partial charge on any atom is 0.323 e. The number of nitrogens with zero attached hydrogens (tertiary/aromatic N) is 2. The number of amides is 1. The Morgan fingerprint density at radius 2 is 2.16 bits per heavy atom. The third-order valence-corrected chi connectivity index (χ3v) is 3.58. The van der Waals surface area contributed by atoms with E-state index in [4.69, 9.17) is 9.84 Å². The number of carboxylic acids is 1. The summed E-state index contributed by atoms with van der Waals surface area (Å²) in [6.45, 7) is 8.33. The van der Waals surface area contributed by atoms with Gasteiger partial charge in [-0.1, -0.05) is 13.8 Å². The maximum atomic E-state index is 12.4. The Morgan fingerprint density at radius 3 is 2.68 bits per heavy atom. The molecule has 1 fully saturated rings. The van der Waals surface area contributed by atoms with Crippen molar-refractivity contribution in [2.75, 3.05) is 32.8 Å². The van der Waals surface area contributed by atoms with Crippen molar-refractivity contribution in [2.45, 2.75) is 39.3 Å². The number of hydrogen-bond acceptors (Lipinski definition) is 4. The molecule has 0 aliphatic carbocycles. The van der Waals surface area contributed by atoms with Crippen molar-refractivity contribution in [3.63, 3.8) is 0 Å². The van der Waals surface area contributed by atoms with Crippen molar-refractivity contribution in [3.05, 3.63) is 0 Å². The van der Waals surface area contributed by atoms with Gasteiger partial charge in [0.05, 0.1) is 6.61 Å². The van der Waals surface area contributed by atoms with E-state index in [0.717, 1.165) is 19.5 Å². The van der Waals surface area contributed by atoms with E-state index in [0.29, 0.717) is 13.2 Å². The number of likely N-dealkylation sites (N-methyl/N-ethyl adjacent to an activating group) is 1. The summed E-state index contributed by atoms with van der Waals surface area (Å²) in [5, 5.41) is 8.93. The lowest BCUT2D eigenvalue weighted by Gasteiger charge is -2.36. The summed E-state index contributed by atoms with van der Waals surface area (Å²) in [6.07, 6.45) is 0.186. The first-order valence-electron chi connectivity index (χ1n) is 6.85. The summed E-state index contributed by atoms with van der Waals surface area (Å²) in [5.41, 5.74) is 0. The molecule has 1 heterocycles. The Labute approximate surface area is 114 Å². The van der Waals surface area contributed by atoms with Gasteiger partial charge >= 0.3 is 5.97 Å². The largest absolute Gasteiger partial charge is 0.480 e. The summed E-state index contributed by atoms with van der Waals surface area (Å²) < 4.78 is 5.50. The zero-order valence-electron chi connectivity index (χ0n) is 12.0. The fourth-order valence-electron chi connectivity index (χ4n) is 2.14. The molecule has 0 aromatic rings. The van der Waals surface area contributed by atoms with Crippen molar-refractivity contribution >= 4 is 11.9 Å². The summed E-state index contributed by atoms with van der Waals surface area (Å²) >= 11 is 0. The highest BCUT2D eigenvalue weighted by atomic mass is 16.5. The van der Waals surface area contributed by atoms with Gasteiger partial charge in [0.1, 0.15) is 12.6 Å². The quantitative estimate of drug-likeness (QED) is 0.759. The molecule has 0 aromatic heterocycles. The van der Waals surface area contributed by atoms with Crippen LogP contribution < -0.4 is 0 Å².